The van der Waals surface area contributed by atoms with Crippen molar-refractivity contribution >= 4 is 22.6 Å². The van der Waals surface area contributed by atoms with Crippen LogP contribution in [0.5, 0.6) is 11.5 Å². The number of likely N-dealkylation sites (N-methyl/N-ethyl adjacent to an activating group) is 1. The van der Waals surface area contributed by atoms with Gasteiger partial charge in [0.15, 0.2) is 5.43 Å². The molecule has 2 atom stereocenters. The second-order valence-corrected chi connectivity index (χ2v) is 7.89. The van der Waals surface area contributed by atoms with Crippen molar-refractivity contribution in [1.29, 1.82) is 0 Å². The number of hydrogen-bond acceptors (Lipinski definition) is 6. The molecule has 0 aliphatic carbocycles. The summed E-state index contributed by atoms with van der Waals surface area (Å²) in [5.74, 6) is 1.27. The Morgan fingerprint density at radius 3 is 2.60 bits per heavy atom. The first kappa shape index (κ1) is 20.7. The number of hydrogen-bond donors (Lipinski definition) is 1. The van der Waals surface area contributed by atoms with Crippen molar-refractivity contribution in [3.05, 3.63) is 57.2 Å². The van der Waals surface area contributed by atoms with E-state index in [9.17, 15) is 9.90 Å². The average Bonchev–Trinajstić information content (AvgIpc) is 3.12. The molecule has 0 bridgehead atoms. The lowest BCUT2D eigenvalue weighted by atomic mass is 9.89. The Bertz CT molecular complexity index is 1140. The van der Waals surface area contributed by atoms with Gasteiger partial charge in [0.2, 0.25) is 0 Å². The predicted molar refractivity (Wildman–Crippen MR) is 117 cm³/mol. The topological polar surface area (TPSA) is 72.1 Å². The molecule has 1 aliphatic rings. The summed E-state index contributed by atoms with van der Waals surface area (Å²) < 4.78 is 17.5. The number of aliphatic hydroxyl groups excluding tert-OH is 1. The zero-order valence-electron chi connectivity index (χ0n) is 17.1. The van der Waals surface area contributed by atoms with Crippen LogP contribution in [0.1, 0.15) is 17.9 Å². The van der Waals surface area contributed by atoms with Crippen LogP contribution in [0, 0.1) is 0 Å². The number of ether oxygens (including phenoxy) is 2. The molecule has 1 fully saturated rings. The molecule has 158 valence electrons. The average molecular weight is 430 g/mol. The summed E-state index contributed by atoms with van der Waals surface area (Å²) in [6.07, 6.45) is 0.805. The zero-order valence-corrected chi connectivity index (χ0v) is 17.9. The minimum absolute atomic E-state index is 0.00766. The predicted octanol–water partition coefficient (Wildman–Crippen LogP) is 3.91. The molecule has 6 nitrogen and oxygen atoms in total. The third-order valence-corrected chi connectivity index (χ3v) is 6.26. The summed E-state index contributed by atoms with van der Waals surface area (Å²) in [4.78, 5) is 15.3. The third-order valence-electron chi connectivity index (χ3n) is 5.93. The molecule has 4 rings (SSSR count). The summed E-state index contributed by atoms with van der Waals surface area (Å²) in [5.41, 5.74) is 1.59. The number of fused-ring (bicyclic) bond motifs is 1. The SMILES string of the molecule is COc1cc(OC)c2c(=O)cc(-c3ccccc3Cl)oc2c1[C@H]1CCN(C)[C@@H]1CO. The van der Waals surface area contributed by atoms with Gasteiger partial charge in [-0.3, -0.25) is 4.79 Å². The maximum absolute atomic E-state index is 13.2. The van der Waals surface area contributed by atoms with Gasteiger partial charge >= 0.3 is 0 Å². The van der Waals surface area contributed by atoms with Gasteiger partial charge in [-0.25, -0.2) is 0 Å². The Labute approximate surface area is 179 Å². The van der Waals surface area contributed by atoms with Gasteiger partial charge < -0.3 is 23.9 Å². The molecular formula is C23H24ClNO5. The first-order valence-corrected chi connectivity index (χ1v) is 10.2. The van der Waals surface area contributed by atoms with Crippen molar-refractivity contribution in [2.24, 2.45) is 0 Å². The fourth-order valence-electron chi connectivity index (χ4n) is 4.38. The number of halogens is 1. The van der Waals surface area contributed by atoms with E-state index in [4.69, 9.17) is 25.5 Å². The molecule has 0 spiro atoms. The Balaban J connectivity index is 2.07. The highest BCUT2D eigenvalue weighted by Crippen LogP contribution is 2.45. The molecular weight excluding hydrogens is 406 g/mol. The molecule has 1 aromatic heterocycles. The van der Waals surface area contributed by atoms with Crippen LogP contribution in [0.4, 0.5) is 0 Å². The third kappa shape index (κ3) is 3.35. The lowest BCUT2D eigenvalue weighted by Gasteiger charge is -2.25. The van der Waals surface area contributed by atoms with E-state index in [1.807, 2.05) is 25.2 Å². The number of benzene rings is 2. The zero-order chi connectivity index (χ0) is 21.4. The summed E-state index contributed by atoms with van der Waals surface area (Å²) in [5, 5.41) is 10.9. The van der Waals surface area contributed by atoms with Crippen LogP contribution in [0.15, 0.2) is 45.6 Å². The smallest absolute Gasteiger partial charge is 0.197 e. The van der Waals surface area contributed by atoms with Gasteiger partial charge in [0.1, 0.15) is 28.2 Å². The van der Waals surface area contributed by atoms with E-state index in [-0.39, 0.29) is 24.0 Å². The highest BCUT2D eigenvalue weighted by molar-refractivity contribution is 6.33. The maximum atomic E-state index is 13.2. The van der Waals surface area contributed by atoms with Crippen LogP contribution >= 0.6 is 11.6 Å². The second-order valence-electron chi connectivity index (χ2n) is 7.48. The van der Waals surface area contributed by atoms with E-state index in [1.54, 1.807) is 19.2 Å². The molecule has 30 heavy (non-hydrogen) atoms. The standard InChI is InChI=1S/C23H24ClNO5/c1-25-9-8-14(16(25)12-26)21-19(28-2)11-20(29-3)22-17(27)10-18(30-23(21)22)13-6-4-5-7-15(13)24/h4-7,10-11,14,16,26H,8-9,12H2,1-3H3/t14-,16+/m0/s1. The molecule has 1 N–H and O–H groups in total. The van der Waals surface area contributed by atoms with Gasteiger partial charge in [0.25, 0.3) is 0 Å². The van der Waals surface area contributed by atoms with Crippen molar-refractivity contribution in [2.75, 3.05) is 34.4 Å². The van der Waals surface area contributed by atoms with Gasteiger partial charge in [0, 0.05) is 35.2 Å². The van der Waals surface area contributed by atoms with Crippen LogP contribution in [-0.4, -0.2) is 50.5 Å². The molecule has 0 saturated carbocycles. The number of aliphatic hydroxyl groups is 1. The molecule has 0 amide bonds. The molecule has 0 unspecified atom stereocenters. The van der Waals surface area contributed by atoms with Crippen LogP contribution in [0.3, 0.4) is 0 Å². The quantitative estimate of drug-likeness (QED) is 0.663. The van der Waals surface area contributed by atoms with E-state index in [0.29, 0.717) is 38.8 Å². The number of likely N-dealkylation sites (tertiary alicyclic amines) is 1. The summed E-state index contributed by atoms with van der Waals surface area (Å²) in [6, 6.07) is 10.3. The van der Waals surface area contributed by atoms with Crippen LogP contribution < -0.4 is 14.9 Å². The fourth-order valence-corrected chi connectivity index (χ4v) is 4.61. The lowest BCUT2D eigenvalue weighted by Crippen LogP contribution is -2.32. The van der Waals surface area contributed by atoms with Crippen molar-refractivity contribution in [3.8, 4) is 22.8 Å². The largest absolute Gasteiger partial charge is 0.496 e. The van der Waals surface area contributed by atoms with Gasteiger partial charge in [-0.05, 0) is 32.1 Å². The van der Waals surface area contributed by atoms with Gasteiger partial charge in [-0.15, -0.1) is 0 Å². The monoisotopic (exact) mass is 429 g/mol. The first-order chi connectivity index (χ1) is 14.5. The molecule has 3 aromatic rings. The maximum Gasteiger partial charge on any atom is 0.197 e. The molecule has 2 heterocycles. The highest BCUT2D eigenvalue weighted by atomic mass is 35.5. The Morgan fingerprint density at radius 2 is 1.93 bits per heavy atom. The molecule has 7 heteroatoms. The van der Waals surface area contributed by atoms with Crippen molar-refractivity contribution in [1.82, 2.24) is 4.90 Å². The lowest BCUT2D eigenvalue weighted by molar-refractivity contribution is 0.171. The number of rotatable bonds is 5. The normalized spacial score (nSPS) is 19.4. The molecule has 0 radical (unpaired) electrons. The summed E-state index contributed by atoms with van der Waals surface area (Å²) in [7, 11) is 5.06. The summed E-state index contributed by atoms with van der Waals surface area (Å²) in [6.45, 7) is 0.813. The minimum atomic E-state index is -0.223. The summed E-state index contributed by atoms with van der Waals surface area (Å²) >= 11 is 6.36. The van der Waals surface area contributed by atoms with E-state index < -0.39 is 0 Å². The molecule has 1 aliphatic heterocycles. The van der Waals surface area contributed by atoms with E-state index in [2.05, 4.69) is 4.90 Å². The Kier molecular flexibility index (Phi) is 5.73. The number of methoxy groups -OCH3 is 2. The first-order valence-electron chi connectivity index (χ1n) is 9.78. The highest BCUT2D eigenvalue weighted by Gasteiger charge is 2.37. The van der Waals surface area contributed by atoms with Crippen molar-refractivity contribution < 1.29 is 19.0 Å². The second kappa shape index (κ2) is 8.30. The van der Waals surface area contributed by atoms with Crippen LogP contribution in [0.2, 0.25) is 5.02 Å². The Morgan fingerprint density at radius 1 is 1.20 bits per heavy atom. The van der Waals surface area contributed by atoms with Crippen LogP contribution in [-0.2, 0) is 0 Å². The van der Waals surface area contributed by atoms with E-state index in [1.165, 1.54) is 13.2 Å². The fraction of sp³-hybridized carbons (Fsp3) is 0.348. The van der Waals surface area contributed by atoms with Crippen molar-refractivity contribution in [2.45, 2.75) is 18.4 Å². The van der Waals surface area contributed by atoms with Gasteiger partial charge in [-0.1, -0.05) is 23.7 Å². The van der Waals surface area contributed by atoms with Gasteiger partial charge in [0.05, 0.1) is 25.8 Å². The van der Waals surface area contributed by atoms with Crippen LogP contribution in [0.25, 0.3) is 22.3 Å². The van der Waals surface area contributed by atoms with Gasteiger partial charge in [-0.2, -0.15) is 0 Å². The number of nitrogens with zero attached hydrogens (tertiary/aromatic N) is 1. The minimum Gasteiger partial charge on any atom is -0.496 e. The van der Waals surface area contributed by atoms with E-state index >= 15 is 0 Å². The van der Waals surface area contributed by atoms with Crippen molar-refractivity contribution in [3.63, 3.8) is 0 Å². The molecule has 1 saturated heterocycles. The Hall–Kier alpha value is -2.54. The van der Waals surface area contributed by atoms with E-state index in [0.717, 1.165) is 18.5 Å². The molecule has 2 aromatic carbocycles.